The van der Waals surface area contributed by atoms with E-state index < -0.39 is 4.92 Å². The number of thiazole rings is 1. The van der Waals surface area contributed by atoms with E-state index in [2.05, 4.69) is 4.98 Å². The van der Waals surface area contributed by atoms with Gasteiger partial charge in [-0.3, -0.25) is 19.3 Å². The molecular weight excluding hydrogens is 330 g/mol. The Labute approximate surface area is 138 Å². The van der Waals surface area contributed by atoms with Crippen LogP contribution >= 0.6 is 11.3 Å². The molecule has 0 radical (unpaired) electrons. The number of non-ortho nitro benzene ring substituents is 1. The molecule has 0 unspecified atom stereocenters. The topological polar surface area (TPSA) is 90.6 Å². The first-order valence-electron chi connectivity index (χ1n) is 6.93. The summed E-state index contributed by atoms with van der Waals surface area (Å²) in [5.41, 5.74) is 1.93. The van der Waals surface area contributed by atoms with Crippen molar-refractivity contribution in [2.24, 2.45) is 0 Å². The van der Waals surface area contributed by atoms with Gasteiger partial charge in [0, 0.05) is 23.1 Å². The summed E-state index contributed by atoms with van der Waals surface area (Å²) in [5.74, 6) is 0.618. The van der Waals surface area contributed by atoms with E-state index in [1.54, 1.807) is 34.9 Å². The zero-order valence-electron chi connectivity index (χ0n) is 12.1. The maximum atomic E-state index is 11.7. The van der Waals surface area contributed by atoms with Crippen LogP contribution in [0.2, 0.25) is 0 Å². The third-order valence-electron chi connectivity index (χ3n) is 3.61. The Kier molecular flexibility index (Phi) is 3.24. The lowest BCUT2D eigenvalue weighted by Crippen LogP contribution is -1.94. The van der Waals surface area contributed by atoms with E-state index in [0.29, 0.717) is 39.7 Å². The van der Waals surface area contributed by atoms with Crippen LogP contribution < -0.4 is 0 Å². The highest BCUT2D eigenvalue weighted by atomic mass is 32.1. The molecule has 4 aromatic rings. The number of nitro groups is 1. The number of nitrogens with zero attached hydrogens (tertiary/aromatic N) is 3. The van der Waals surface area contributed by atoms with Gasteiger partial charge in [-0.05, 0) is 12.1 Å². The number of furan rings is 1. The Balaban J connectivity index is 1.96. The van der Waals surface area contributed by atoms with Gasteiger partial charge in [-0.2, -0.15) is 0 Å². The quantitative estimate of drug-likeness (QED) is 0.318. The van der Waals surface area contributed by atoms with Crippen molar-refractivity contribution < 1.29 is 14.1 Å². The number of hydrogen-bond donors (Lipinski definition) is 0. The number of aromatic nitrogens is 2. The van der Waals surface area contributed by atoms with Crippen LogP contribution in [0.15, 0.2) is 52.5 Å². The van der Waals surface area contributed by atoms with Crippen LogP contribution in [-0.2, 0) is 0 Å². The number of aldehydes is 1. The Bertz CT molecular complexity index is 1060. The molecule has 24 heavy (non-hydrogen) atoms. The summed E-state index contributed by atoms with van der Waals surface area (Å²) in [6, 6.07) is 9.63. The van der Waals surface area contributed by atoms with Gasteiger partial charge in [-0.15, -0.1) is 11.3 Å². The summed E-state index contributed by atoms with van der Waals surface area (Å²) in [7, 11) is 0. The molecule has 0 saturated heterocycles. The molecule has 7 nitrogen and oxygen atoms in total. The van der Waals surface area contributed by atoms with Crippen molar-refractivity contribution in [2.75, 3.05) is 0 Å². The summed E-state index contributed by atoms with van der Waals surface area (Å²) in [4.78, 5) is 27.3. The maximum Gasteiger partial charge on any atom is 0.270 e. The van der Waals surface area contributed by atoms with Gasteiger partial charge in [0.05, 0.1) is 11.2 Å². The Morgan fingerprint density at radius 1 is 1.29 bits per heavy atom. The van der Waals surface area contributed by atoms with Gasteiger partial charge in [0.2, 0.25) is 0 Å². The molecule has 4 rings (SSSR count). The van der Waals surface area contributed by atoms with Gasteiger partial charge in [-0.1, -0.05) is 12.1 Å². The van der Waals surface area contributed by atoms with Gasteiger partial charge in [0.25, 0.3) is 5.69 Å². The minimum absolute atomic E-state index is 0.0491. The monoisotopic (exact) mass is 339 g/mol. The number of nitro benzene ring substituents is 1. The number of rotatable bonds is 4. The molecule has 0 fully saturated rings. The van der Waals surface area contributed by atoms with E-state index >= 15 is 0 Å². The van der Waals surface area contributed by atoms with Crippen LogP contribution in [0.3, 0.4) is 0 Å². The summed E-state index contributed by atoms with van der Waals surface area (Å²) in [5, 5.41) is 12.8. The van der Waals surface area contributed by atoms with E-state index in [9.17, 15) is 14.9 Å². The van der Waals surface area contributed by atoms with E-state index in [4.69, 9.17) is 4.42 Å². The van der Waals surface area contributed by atoms with E-state index in [-0.39, 0.29) is 5.69 Å². The number of imidazole rings is 1. The van der Waals surface area contributed by atoms with Crippen LogP contribution in [-0.4, -0.2) is 20.6 Å². The molecule has 8 heteroatoms. The van der Waals surface area contributed by atoms with Crippen molar-refractivity contribution in [1.29, 1.82) is 0 Å². The van der Waals surface area contributed by atoms with E-state index in [1.807, 2.05) is 5.38 Å². The van der Waals surface area contributed by atoms with Crippen LogP contribution in [0.4, 0.5) is 5.69 Å². The first-order valence-corrected chi connectivity index (χ1v) is 7.81. The molecule has 0 aliphatic rings. The second-order valence-corrected chi connectivity index (χ2v) is 5.82. The molecular formula is C16H9N3O4S. The van der Waals surface area contributed by atoms with Gasteiger partial charge < -0.3 is 4.42 Å². The lowest BCUT2D eigenvalue weighted by atomic mass is 10.1. The molecule has 0 atom stereocenters. The third-order valence-corrected chi connectivity index (χ3v) is 4.44. The van der Waals surface area contributed by atoms with Gasteiger partial charge in [0.1, 0.15) is 17.1 Å². The highest BCUT2D eigenvalue weighted by Crippen LogP contribution is 2.33. The lowest BCUT2D eigenvalue weighted by Gasteiger charge is -2.00. The molecule has 3 heterocycles. The normalized spacial score (nSPS) is 11.0. The first kappa shape index (κ1) is 14.3. The Hall–Kier alpha value is -3.26. The fourth-order valence-electron chi connectivity index (χ4n) is 2.57. The van der Waals surface area contributed by atoms with Crippen LogP contribution in [0.25, 0.3) is 27.7 Å². The van der Waals surface area contributed by atoms with Crippen molar-refractivity contribution in [3.8, 4) is 22.7 Å². The SMILES string of the molecule is O=Cc1c(-c2cccc([N+](=O)[O-])c2)nc2scc(-c3ccco3)n12. The van der Waals surface area contributed by atoms with Gasteiger partial charge in [0.15, 0.2) is 17.0 Å². The highest BCUT2D eigenvalue weighted by molar-refractivity contribution is 7.15. The van der Waals surface area contributed by atoms with E-state index in [0.717, 1.165) is 0 Å². The highest BCUT2D eigenvalue weighted by Gasteiger charge is 2.20. The van der Waals surface area contributed by atoms with Crippen LogP contribution in [0.1, 0.15) is 10.5 Å². The van der Waals surface area contributed by atoms with Crippen molar-refractivity contribution in [1.82, 2.24) is 9.38 Å². The van der Waals surface area contributed by atoms with Crippen LogP contribution in [0.5, 0.6) is 0 Å². The minimum atomic E-state index is -0.475. The second-order valence-electron chi connectivity index (χ2n) is 4.99. The number of benzene rings is 1. The fourth-order valence-corrected chi connectivity index (χ4v) is 3.45. The maximum absolute atomic E-state index is 11.7. The standard InChI is InChI=1S/C16H9N3O4S/c20-8-12-15(10-3-1-4-11(7-10)19(21)22)17-16-18(12)13(9-24-16)14-5-2-6-23-14/h1-9H. The van der Waals surface area contributed by atoms with E-state index in [1.165, 1.54) is 23.5 Å². The first-order chi connectivity index (χ1) is 11.7. The molecule has 0 bridgehead atoms. The second kappa shape index (κ2) is 5.43. The minimum Gasteiger partial charge on any atom is -0.463 e. The molecule has 0 aliphatic carbocycles. The molecule has 0 N–H and O–H groups in total. The molecule has 3 aromatic heterocycles. The lowest BCUT2D eigenvalue weighted by molar-refractivity contribution is -0.384. The molecule has 0 spiro atoms. The van der Waals surface area contributed by atoms with Crippen molar-refractivity contribution in [2.45, 2.75) is 0 Å². The largest absolute Gasteiger partial charge is 0.463 e. The average molecular weight is 339 g/mol. The zero-order valence-corrected chi connectivity index (χ0v) is 12.9. The van der Waals surface area contributed by atoms with Crippen molar-refractivity contribution in [3.63, 3.8) is 0 Å². The molecule has 1 aromatic carbocycles. The zero-order chi connectivity index (χ0) is 16.7. The summed E-state index contributed by atoms with van der Waals surface area (Å²) >= 11 is 1.37. The predicted molar refractivity (Wildman–Crippen MR) is 88.2 cm³/mol. The van der Waals surface area contributed by atoms with Crippen molar-refractivity contribution in [3.05, 3.63) is 63.8 Å². The van der Waals surface area contributed by atoms with Crippen LogP contribution in [0, 0.1) is 10.1 Å². The Morgan fingerprint density at radius 2 is 2.17 bits per heavy atom. The van der Waals surface area contributed by atoms with Crippen molar-refractivity contribution >= 4 is 28.3 Å². The molecule has 0 saturated carbocycles. The molecule has 0 amide bonds. The smallest absolute Gasteiger partial charge is 0.270 e. The molecule has 0 aliphatic heterocycles. The average Bonchev–Trinajstić information content (AvgIpc) is 3.30. The summed E-state index contributed by atoms with van der Waals surface area (Å²) in [6.07, 6.45) is 2.26. The number of hydrogen-bond acceptors (Lipinski definition) is 6. The Morgan fingerprint density at radius 3 is 2.88 bits per heavy atom. The van der Waals surface area contributed by atoms with Gasteiger partial charge in [-0.25, -0.2) is 4.98 Å². The third kappa shape index (κ3) is 2.12. The number of carbonyl (C=O) groups is 1. The fraction of sp³-hybridized carbons (Fsp3) is 0. The number of fused-ring (bicyclic) bond motifs is 1. The summed E-state index contributed by atoms with van der Waals surface area (Å²) in [6.45, 7) is 0. The summed E-state index contributed by atoms with van der Waals surface area (Å²) < 4.78 is 7.10. The van der Waals surface area contributed by atoms with Gasteiger partial charge >= 0.3 is 0 Å². The predicted octanol–water partition coefficient (Wildman–Crippen LogP) is 4.04. The number of carbonyl (C=O) groups excluding carboxylic acids is 1. The molecule has 118 valence electrons.